The lowest BCUT2D eigenvalue weighted by Crippen LogP contribution is -2.37. The van der Waals surface area contributed by atoms with Crippen molar-refractivity contribution in [3.63, 3.8) is 0 Å². The summed E-state index contributed by atoms with van der Waals surface area (Å²) in [7, 11) is 0. The first kappa shape index (κ1) is 16.5. The van der Waals surface area contributed by atoms with E-state index in [1.165, 1.54) is 0 Å². The zero-order valence-corrected chi connectivity index (χ0v) is 14.3. The van der Waals surface area contributed by atoms with Crippen LogP contribution in [-0.4, -0.2) is 17.6 Å². The molecule has 0 bridgehead atoms. The molecular formula is C16H15BrN2O2S. The number of ether oxygens (including phenoxy) is 1. The minimum Gasteiger partial charge on any atom is -0.483 e. The van der Waals surface area contributed by atoms with Crippen molar-refractivity contribution in [1.29, 1.82) is 0 Å². The number of hydrogen-bond acceptors (Lipinski definition) is 3. The van der Waals surface area contributed by atoms with Gasteiger partial charge in [-0.25, -0.2) is 0 Å². The molecule has 2 rings (SSSR count). The standard InChI is InChI=1S/C16H15BrN2O2S/c1-11-4-2-3-5-14(11)21-10-15(20)19-16(22)18-13-8-6-12(17)7-9-13/h2-9H,10H2,1H3,(H2,18,19,20,22). The maximum absolute atomic E-state index is 11.8. The predicted octanol–water partition coefficient (Wildman–Crippen LogP) is 3.65. The van der Waals surface area contributed by atoms with Gasteiger partial charge >= 0.3 is 0 Å². The van der Waals surface area contributed by atoms with Crippen LogP contribution in [0.2, 0.25) is 0 Å². The van der Waals surface area contributed by atoms with E-state index in [4.69, 9.17) is 17.0 Å². The number of amides is 1. The Kier molecular flexibility index (Phi) is 5.91. The Morgan fingerprint density at radius 1 is 1.18 bits per heavy atom. The summed E-state index contributed by atoms with van der Waals surface area (Å²) in [5.41, 5.74) is 1.78. The van der Waals surface area contributed by atoms with Crippen molar-refractivity contribution in [3.8, 4) is 5.75 Å². The van der Waals surface area contributed by atoms with Gasteiger partial charge in [-0.2, -0.15) is 0 Å². The van der Waals surface area contributed by atoms with Gasteiger partial charge in [0, 0.05) is 10.2 Å². The largest absolute Gasteiger partial charge is 0.483 e. The second-order valence-corrected chi connectivity index (χ2v) is 5.89. The molecule has 0 aromatic heterocycles. The third-order valence-electron chi connectivity index (χ3n) is 2.81. The van der Waals surface area contributed by atoms with Crippen LogP contribution in [0.15, 0.2) is 53.0 Å². The Balaban J connectivity index is 1.80. The fourth-order valence-corrected chi connectivity index (χ4v) is 2.22. The molecule has 2 aromatic rings. The normalized spacial score (nSPS) is 9.91. The molecule has 0 atom stereocenters. The number of benzene rings is 2. The summed E-state index contributed by atoms with van der Waals surface area (Å²) in [6, 6.07) is 15.0. The van der Waals surface area contributed by atoms with Crippen molar-refractivity contribution < 1.29 is 9.53 Å². The van der Waals surface area contributed by atoms with Crippen LogP contribution in [0.25, 0.3) is 0 Å². The molecule has 1 amide bonds. The number of carbonyl (C=O) groups excluding carboxylic acids is 1. The SMILES string of the molecule is Cc1ccccc1OCC(=O)NC(=S)Nc1ccc(Br)cc1. The van der Waals surface area contributed by atoms with Crippen molar-refractivity contribution in [3.05, 3.63) is 58.6 Å². The van der Waals surface area contributed by atoms with Crippen molar-refractivity contribution in [2.45, 2.75) is 6.92 Å². The lowest BCUT2D eigenvalue weighted by Gasteiger charge is -2.11. The molecule has 0 saturated carbocycles. The lowest BCUT2D eigenvalue weighted by atomic mass is 10.2. The van der Waals surface area contributed by atoms with E-state index in [9.17, 15) is 4.79 Å². The van der Waals surface area contributed by atoms with E-state index in [0.717, 1.165) is 15.7 Å². The highest BCUT2D eigenvalue weighted by atomic mass is 79.9. The monoisotopic (exact) mass is 378 g/mol. The highest BCUT2D eigenvalue weighted by Gasteiger charge is 2.07. The quantitative estimate of drug-likeness (QED) is 0.797. The van der Waals surface area contributed by atoms with E-state index >= 15 is 0 Å². The van der Waals surface area contributed by atoms with Crippen LogP contribution in [-0.2, 0) is 4.79 Å². The van der Waals surface area contributed by atoms with Crippen molar-refractivity contribution >= 4 is 44.9 Å². The zero-order valence-electron chi connectivity index (χ0n) is 11.9. The van der Waals surface area contributed by atoms with Crippen molar-refractivity contribution in [1.82, 2.24) is 5.32 Å². The second-order valence-electron chi connectivity index (χ2n) is 4.56. The highest BCUT2D eigenvalue weighted by molar-refractivity contribution is 9.10. The molecule has 0 radical (unpaired) electrons. The molecule has 114 valence electrons. The Labute approximate surface area is 143 Å². The molecule has 2 aromatic carbocycles. The van der Waals surface area contributed by atoms with Gasteiger partial charge in [-0.3, -0.25) is 10.1 Å². The van der Waals surface area contributed by atoms with E-state index in [0.29, 0.717) is 5.75 Å². The van der Waals surface area contributed by atoms with Gasteiger partial charge in [0.1, 0.15) is 5.75 Å². The smallest absolute Gasteiger partial charge is 0.264 e. The van der Waals surface area contributed by atoms with Gasteiger partial charge in [-0.15, -0.1) is 0 Å². The molecule has 0 aliphatic heterocycles. The number of hydrogen-bond donors (Lipinski definition) is 2. The van der Waals surface area contributed by atoms with Crippen LogP contribution in [0.5, 0.6) is 5.75 Å². The van der Waals surface area contributed by atoms with Crippen molar-refractivity contribution in [2.24, 2.45) is 0 Å². The number of anilines is 1. The van der Waals surface area contributed by atoms with Gasteiger partial charge in [0.05, 0.1) is 0 Å². The minimum atomic E-state index is -0.308. The molecule has 0 unspecified atom stereocenters. The fourth-order valence-electron chi connectivity index (χ4n) is 1.72. The summed E-state index contributed by atoms with van der Waals surface area (Å²) in [6.07, 6.45) is 0. The molecule has 0 aliphatic rings. The third kappa shape index (κ3) is 5.13. The van der Waals surface area contributed by atoms with E-state index in [1.807, 2.05) is 55.5 Å². The molecule has 4 nitrogen and oxygen atoms in total. The minimum absolute atomic E-state index is 0.0903. The van der Waals surface area contributed by atoms with Crippen LogP contribution in [0.1, 0.15) is 5.56 Å². The molecule has 0 aliphatic carbocycles. The Morgan fingerprint density at radius 3 is 2.55 bits per heavy atom. The maximum Gasteiger partial charge on any atom is 0.264 e. The van der Waals surface area contributed by atoms with Gasteiger partial charge in [-0.05, 0) is 55.0 Å². The fraction of sp³-hybridized carbons (Fsp3) is 0.125. The molecule has 2 N–H and O–H groups in total. The number of nitrogens with one attached hydrogen (secondary N) is 2. The number of halogens is 1. The molecular weight excluding hydrogens is 364 g/mol. The summed E-state index contributed by atoms with van der Waals surface area (Å²) < 4.78 is 6.43. The van der Waals surface area contributed by atoms with Crippen LogP contribution >= 0.6 is 28.1 Å². The molecule has 0 spiro atoms. The molecule has 0 fully saturated rings. The molecule has 22 heavy (non-hydrogen) atoms. The topological polar surface area (TPSA) is 50.4 Å². The van der Waals surface area contributed by atoms with E-state index in [1.54, 1.807) is 0 Å². The summed E-state index contributed by atoms with van der Waals surface area (Å²) in [6.45, 7) is 1.83. The first-order valence-corrected chi connectivity index (χ1v) is 7.79. The third-order valence-corrected chi connectivity index (χ3v) is 3.54. The Hall–Kier alpha value is -1.92. The van der Waals surface area contributed by atoms with Gasteiger partial charge in [-0.1, -0.05) is 34.1 Å². The maximum atomic E-state index is 11.8. The number of para-hydroxylation sites is 1. The van der Waals surface area contributed by atoms with E-state index in [-0.39, 0.29) is 17.6 Å². The summed E-state index contributed by atoms with van der Waals surface area (Å²) in [5, 5.41) is 5.75. The zero-order chi connectivity index (χ0) is 15.9. The van der Waals surface area contributed by atoms with Crippen molar-refractivity contribution in [2.75, 3.05) is 11.9 Å². The number of aryl methyl sites for hydroxylation is 1. The first-order chi connectivity index (χ1) is 10.5. The second kappa shape index (κ2) is 7.91. The van der Waals surface area contributed by atoms with Gasteiger partial charge < -0.3 is 10.1 Å². The van der Waals surface area contributed by atoms with Gasteiger partial charge in [0.2, 0.25) is 0 Å². The Morgan fingerprint density at radius 2 is 1.86 bits per heavy atom. The average molecular weight is 379 g/mol. The molecule has 6 heteroatoms. The predicted molar refractivity (Wildman–Crippen MR) is 95.2 cm³/mol. The summed E-state index contributed by atoms with van der Waals surface area (Å²) in [4.78, 5) is 11.8. The highest BCUT2D eigenvalue weighted by Crippen LogP contribution is 2.16. The van der Waals surface area contributed by atoms with Gasteiger partial charge in [0.15, 0.2) is 11.7 Å². The summed E-state index contributed by atoms with van der Waals surface area (Å²) >= 11 is 8.45. The lowest BCUT2D eigenvalue weighted by molar-refractivity contribution is -0.121. The molecule has 0 heterocycles. The van der Waals surface area contributed by atoms with Crippen LogP contribution in [0.4, 0.5) is 5.69 Å². The van der Waals surface area contributed by atoms with E-state index < -0.39 is 0 Å². The number of carbonyl (C=O) groups is 1. The van der Waals surface area contributed by atoms with E-state index in [2.05, 4.69) is 26.6 Å². The Bertz CT molecular complexity index is 674. The number of thiocarbonyl (C=S) groups is 1. The summed E-state index contributed by atoms with van der Waals surface area (Å²) in [5.74, 6) is 0.377. The average Bonchev–Trinajstić information content (AvgIpc) is 2.49. The van der Waals surface area contributed by atoms with Crippen LogP contribution in [0, 0.1) is 6.92 Å². The van der Waals surface area contributed by atoms with Gasteiger partial charge in [0.25, 0.3) is 5.91 Å². The van der Waals surface area contributed by atoms with Crippen LogP contribution in [0.3, 0.4) is 0 Å². The van der Waals surface area contributed by atoms with Crippen LogP contribution < -0.4 is 15.4 Å². The molecule has 0 saturated heterocycles. The number of rotatable bonds is 4. The first-order valence-electron chi connectivity index (χ1n) is 6.59.